The van der Waals surface area contributed by atoms with E-state index in [-0.39, 0.29) is 19.3 Å². The van der Waals surface area contributed by atoms with E-state index in [9.17, 15) is 4.79 Å². The minimum atomic E-state index is -0.435. The van der Waals surface area contributed by atoms with Crippen molar-refractivity contribution in [2.75, 3.05) is 0 Å². The van der Waals surface area contributed by atoms with Crippen molar-refractivity contribution in [3.05, 3.63) is 12.5 Å². The average Bonchev–Trinajstić information content (AvgIpc) is 2.12. The molecule has 4 heteroatoms. The van der Waals surface area contributed by atoms with Gasteiger partial charge in [-0.3, -0.25) is 4.79 Å². The van der Waals surface area contributed by atoms with Gasteiger partial charge in [0.1, 0.15) is 6.26 Å². The fraction of sp³-hybridized carbons (Fsp3) is 0.400. The van der Waals surface area contributed by atoms with Crippen LogP contribution in [0, 0.1) is 0 Å². The van der Waals surface area contributed by atoms with E-state index in [1.54, 1.807) is 6.20 Å². The van der Waals surface area contributed by atoms with Crippen LogP contribution in [0.25, 0.3) is 0 Å². The van der Waals surface area contributed by atoms with Crippen LogP contribution in [0.5, 0.6) is 0 Å². The highest BCUT2D eigenvalue weighted by atomic mass is 32.1. The Bertz CT molecular complexity index is 127. The van der Waals surface area contributed by atoms with E-state index in [0.717, 1.165) is 0 Å². The Hall–Kier alpha value is -0.640. The SMILES string of the molecule is CC(=O)C1NC=CO1.S. The standard InChI is InChI=1S/C5H7NO2.H2S/c1-4(7)5-6-2-3-8-5;/h2-3,5-6H,1H3;1H2. The number of nitrogens with one attached hydrogen (secondary N) is 1. The quantitative estimate of drug-likeness (QED) is 0.572. The monoisotopic (exact) mass is 147 g/mol. The van der Waals surface area contributed by atoms with Crippen LogP contribution in [-0.4, -0.2) is 12.0 Å². The lowest BCUT2D eigenvalue weighted by molar-refractivity contribution is -0.125. The Morgan fingerprint density at radius 1 is 1.78 bits per heavy atom. The summed E-state index contributed by atoms with van der Waals surface area (Å²) < 4.78 is 4.77. The number of hydrogen-bond acceptors (Lipinski definition) is 3. The summed E-state index contributed by atoms with van der Waals surface area (Å²) in [6.07, 6.45) is 2.63. The van der Waals surface area contributed by atoms with Crippen molar-refractivity contribution in [3.8, 4) is 0 Å². The first-order valence-electron chi connectivity index (χ1n) is 2.37. The van der Waals surface area contributed by atoms with Crippen LogP contribution in [0.3, 0.4) is 0 Å². The van der Waals surface area contributed by atoms with Crippen LogP contribution in [-0.2, 0) is 9.53 Å². The van der Waals surface area contributed by atoms with Gasteiger partial charge in [-0.15, -0.1) is 0 Å². The molecule has 0 aromatic rings. The molecular formula is C5H9NO2S. The number of ketones is 1. The molecule has 0 saturated heterocycles. The van der Waals surface area contributed by atoms with Gasteiger partial charge in [0.2, 0.25) is 6.23 Å². The molecule has 1 heterocycles. The third kappa shape index (κ3) is 1.97. The van der Waals surface area contributed by atoms with Gasteiger partial charge in [-0.2, -0.15) is 13.5 Å². The van der Waals surface area contributed by atoms with Crippen molar-refractivity contribution in [2.45, 2.75) is 13.2 Å². The first-order chi connectivity index (χ1) is 3.80. The highest BCUT2D eigenvalue weighted by Crippen LogP contribution is 1.96. The Morgan fingerprint density at radius 3 is 2.67 bits per heavy atom. The molecule has 3 nitrogen and oxygen atoms in total. The molecule has 0 aromatic heterocycles. The maximum Gasteiger partial charge on any atom is 0.228 e. The van der Waals surface area contributed by atoms with Crippen LogP contribution in [0.2, 0.25) is 0 Å². The minimum absolute atomic E-state index is 0. The third-order valence-corrected chi connectivity index (χ3v) is 0.900. The van der Waals surface area contributed by atoms with Crippen LogP contribution < -0.4 is 5.32 Å². The zero-order valence-electron chi connectivity index (χ0n) is 5.05. The van der Waals surface area contributed by atoms with Gasteiger partial charge in [0.15, 0.2) is 5.78 Å². The molecule has 1 rings (SSSR count). The summed E-state index contributed by atoms with van der Waals surface area (Å²) in [5, 5.41) is 2.70. The van der Waals surface area contributed by atoms with Gasteiger partial charge in [0.25, 0.3) is 0 Å². The van der Waals surface area contributed by atoms with Crippen molar-refractivity contribution in [3.63, 3.8) is 0 Å². The summed E-state index contributed by atoms with van der Waals surface area (Å²) in [5.41, 5.74) is 0. The molecule has 0 aliphatic carbocycles. The number of carbonyl (C=O) groups excluding carboxylic acids is 1. The van der Waals surface area contributed by atoms with E-state index in [2.05, 4.69) is 5.32 Å². The molecule has 52 valence electrons. The van der Waals surface area contributed by atoms with E-state index in [1.165, 1.54) is 13.2 Å². The van der Waals surface area contributed by atoms with Gasteiger partial charge in [0.05, 0.1) is 0 Å². The van der Waals surface area contributed by atoms with Gasteiger partial charge >= 0.3 is 0 Å². The smallest absolute Gasteiger partial charge is 0.228 e. The number of Topliss-reactive ketones (excluding diaryl/α,β-unsaturated/α-hetero) is 1. The first-order valence-corrected chi connectivity index (χ1v) is 2.37. The lowest BCUT2D eigenvalue weighted by Crippen LogP contribution is -2.28. The van der Waals surface area contributed by atoms with E-state index < -0.39 is 6.23 Å². The lowest BCUT2D eigenvalue weighted by atomic mass is 10.4. The van der Waals surface area contributed by atoms with Crippen molar-refractivity contribution in [2.24, 2.45) is 0 Å². The number of ether oxygens (including phenoxy) is 1. The zero-order chi connectivity index (χ0) is 5.98. The Balaban J connectivity index is 0.000000640. The summed E-state index contributed by atoms with van der Waals surface area (Å²) in [5.74, 6) is -0.00463. The van der Waals surface area contributed by atoms with Gasteiger partial charge in [-0.1, -0.05) is 0 Å². The lowest BCUT2D eigenvalue weighted by Gasteiger charge is -2.04. The second kappa shape index (κ2) is 3.40. The van der Waals surface area contributed by atoms with Crippen LogP contribution in [0.4, 0.5) is 0 Å². The van der Waals surface area contributed by atoms with Crippen molar-refractivity contribution < 1.29 is 9.53 Å². The van der Waals surface area contributed by atoms with Crippen LogP contribution in [0.15, 0.2) is 12.5 Å². The van der Waals surface area contributed by atoms with Gasteiger partial charge in [-0.05, 0) is 0 Å². The maximum absolute atomic E-state index is 10.4. The molecular weight excluding hydrogens is 138 g/mol. The topological polar surface area (TPSA) is 38.3 Å². The molecule has 9 heavy (non-hydrogen) atoms. The summed E-state index contributed by atoms with van der Waals surface area (Å²) in [6, 6.07) is 0. The maximum atomic E-state index is 10.4. The van der Waals surface area contributed by atoms with Gasteiger partial charge in [0, 0.05) is 13.1 Å². The van der Waals surface area contributed by atoms with E-state index >= 15 is 0 Å². The fourth-order valence-electron chi connectivity index (χ4n) is 0.497. The van der Waals surface area contributed by atoms with E-state index in [4.69, 9.17) is 4.74 Å². The summed E-state index contributed by atoms with van der Waals surface area (Å²) in [6.45, 7) is 1.48. The van der Waals surface area contributed by atoms with Crippen molar-refractivity contribution >= 4 is 19.3 Å². The molecule has 1 N–H and O–H groups in total. The third-order valence-electron chi connectivity index (χ3n) is 0.900. The second-order valence-corrected chi connectivity index (χ2v) is 1.60. The van der Waals surface area contributed by atoms with Crippen LogP contribution in [0.1, 0.15) is 6.92 Å². The van der Waals surface area contributed by atoms with Gasteiger partial charge in [-0.25, -0.2) is 0 Å². The van der Waals surface area contributed by atoms with Crippen LogP contribution >= 0.6 is 13.5 Å². The molecule has 0 spiro atoms. The number of carbonyl (C=O) groups is 1. The predicted molar refractivity (Wildman–Crippen MR) is 38.2 cm³/mol. The van der Waals surface area contributed by atoms with E-state index in [1.807, 2.05) is 0 Å². The Morgan fingerprint density at radius 2 is 2.44 bits per heavy atom. The number of hydrogen-bond donors (Lipinski definition) is 1. The zero-order valence-corrected chi connectivity index (χ0v) is 6.05. The second-order valence-electron chi connectivity index (χ2n) is 1.60. The largest absolute Gasteiger partial charge is 0.469 e. The van der Waals surface area contributed by atoms with E-state index in [0.29, 0.717) is 0 Å². The molecule has 0 fully saturated rings. The highest BCUT2D eigenvalue weighted by Gasteiger charge is 2.13. The average molecular weight is 147 g/mol. The molecule has 0 saturated carbocycles. The Labute approximate surface area is 60.5 Å². The summed E-state index contributed by atoms with van der Waals surface area (Å²) in [7, 11) is 0. The molecule has 1 unspecified atom stereocenters. The normalized spacial score (nSPS) is 21.7. The Kier molecular flexibility index (Phi) is 3.16. The van der Waals surface area contributed by atoms with Crippen molar-refractivity contribution in [1.29, 1.82) is 0 Å². The van der Waals surface area contributed by atoms with Gasteiger partial charge < -0.3 is 10.1 Å². The molecule has 0 radical (unpaired) electrons. The minimum Gasteiger partial charge on any atom is -0.469 e. The molecule has 0 bridgehead atoms. The highest BCUT2D eigenvalue weighted by molar-refractivity contribution is 7.59. The summed E-state index contributed by atoms with van der Waals surface area (Å²) >= 11 is 0. The number of rotatable bonds is 1. The van der Waals surface area contributed by atoms with Crippen molar-refractivity contribution in [1.82, 2.24) is 5.32 Å². The molecule has 1 aliphatic heterocycles. The summed E-state index contributed by atoms with van der Waals surface area (Å²) in [4.78, 5) is 10.4. The first kappa shape index (κ1) is 8.36. The molecule has 0 amide bonds. The molecule has 0 aromatic carbocycles. The molecule has 1 atom stereocenters. The fourth-order valence-corrected chi connectivity index (χ4v) is 0.497. The predicted octanol–water partition coefficient (Wildman–Crippen LogP) is 0.105. The molecule has 1 aliphatic rings.